The number of carbonyl (C=O) groups is 1. The van der Waals surface area contributed by atoms with Crippen LogP contribution in [-0.2, 0) is 11.2 Å². The Kier molecular flexibility index (Phi) is 4.07. The molecule has 2 rings (SSSR count). The van der Waals surface area contributed by atoms with E-state index in [1.807, 2.05) is 48.5 Å². The molecular weight excluding hydrogens is 224 g/mol. The molecule has 0 fully saturated rings. The van der Waals surface area contributed by atoms with Gasteiger partial charge in [-0.1, -0.05) is 36.4 Å². The van der Waals surface area contributed by atoms with Gasteiger partial charge in [-0.25, -0.2) is 4.98 Å². The van der Waals surface area contributed by atoms with Crippen LogP contribution in [0.4, 0.5) is 5.82 Å². The van der Waals surface area contributed by atoms with E-state index in [-0.39, 0.29) is 5.91 Å². The van der Waals surface area contributed by atoms with E-state index in [0.717, 1.165) is 6.42 Å². The molecule has 0 bridgehead atoms. The number of rotatable bonds is 4. The van der Waals surface area contributed by atoms with Crippen molar-refractivity contribution in [1.29, 1.82) is 0 Å². The lowest BCUT2D eigenvalue weighted by atomic mass is 10.1. The van der Waals surface area contributed by atoms with Crippen LogP contribution in [0.15, 0.2) is 54.7 Å². The van der Waals surface area contributed by atoms with Gasteiger partial charge >= 0.3 is 0 Å². The molecule has 0 spiro atoms. The van der Waals surface area contributed by atoms with Crippen molar-refractivity contribution in [3.63, 3.8) is 0 Å². The molecule has 0 saturated heterocycles. The fraction of sp³-hybridized carbons (Fsp3) is 0.200. The molecule has 1 aromatic heterocycles. The molecule has 0 aliphatic carbocycles. The minimum absolute atomic E-state index is 0.0811. The van der Waals surface area contributed by atoms with E-state index in [1.54, 1.807) is 18.1 Å². The second kappa shape index (κ2) is 5.96. The highest BCUT2D eigenvalue weighted by Crippen LogP contribution is 2.10. The number of hydrogen-bond acceptors (Lipinski definition) is 2. The number of benzene rings is 1. The molecule has 1 heterocycles. The molecule has 0 radical (unpaired) electrons. The lowest BCUT2D eigenvalue weighted by Crippen LogP contribution is -2.27. The maximum absolute atomic E-state index is 12.0. The summed E-state index contributed by atoms with van der Waals surface area (Å²) in [5.41, 5.74) is 1.18. The molecule has 1 amide bonds. The van der Waals surface area contributed by atoms with Crippen LogP contribution in [0.1, 0.15) is 12.0 Å². The Morgan fingerprint density at radius 2 is 1.83 bits per heavy atom. The topological polar surface area (TPSA) is 33.2 Å². The van der Waals surface area contributed by atoms with Crippen LogP contribution < -0.4 is 4.90 Å². The molecule has 2 aromatic rings. The number of aromatic nitrogens is 1. The van der Waals surface area contributed by atoms with Crippen LogP contribution in [0.2, 0.25) is 0 Å². The van der Waals surface area contributed by atoms with Crippen LogP contribution in [0, 0.1) is 0 Å². The molecule has 92 valence electrons. The molecule has 0 saturated carbocycles. The Morgan fingerprint density at radius 1 is 1.11 bits per heavy atom. The van der Waals surface area contributed by atoms with Gasteiger partial charge in [-0.05, 0) is 24.1 Å². The third-order valence-electron chi connectivity index (χ3n) is 2.84. The zero-order chi connectivity index (χ0) is 12.8. The molecule has 0 unspecified atom stereocenters. The van der Waals surface area contributed by atoms with Gasteiger partial charge in [0.05, 0.1) is 0 Å². The Labute approximate surface area is 107 Å². The second-order valence-corrected chi connectivity index (χ2v) is 4.13. The number of pyridine rings is 1. The molecule has 3 nitrogen and oxygen atoms in total. The van der Waals surface area contributed by atoms with Crippen molar-refractivity contribution in [2.45, 2.75) is 12.8 Å². The minimum atomic E-state index is 0.0811. The minimum Gasteiger partial charge on any atom is -0.300 e. The third kappa shape index (κ3) is 3.17. The number of amides is 1. The highest BCUT2D eigenvalue weighted by Gasteiger charge is 2.11. The second-order valence-electron chi connectivity index (χ2n) is 4.13. The first-order chi connectivity index (χ1) is 8.77. The Hall–Kier alpha value is -2.16. The van der Waals surface area contributed by atoms with E-state index >= 15 is 0 Å². The average molecular weight is 240 g/mol. The molecule has 0 atom stereocenters. The van der Waals surface area contributed by atoms with E-state index in [0.29, 0.717) is 12.2 Å². The van der Waals surface area contributed by atoms with Crippen LogP contribution in [0.3, 0.4) is 0 Å². The van der Waals surface area contributed by atoms with Crippen molar-refractivity contribution in [2.24, 2.45) is 0 Å². The molecule has 0 aliphatic rings. The Morgan fingerprint density at radius 3 is 2.50 bits per heavy atom. The molecule has 18 heavy (non-hydrogen) atoms. The molecule has 0 N–H and O–H groups in total. The zero-order valence-corrected chi connectivity index (χ0v) is 10.4. The quantitative estimate of drug-likeness (QED) is 0.823. The highest BCUT2D eigenvalue weighted by molar-refractivity contribution is 5.91. The van der Waals surface area contributed by atoms with Gasteiger partial charge < -0.3 is 0 Å². The monoisotopic (exact) mass is 240 g/mol. The first-order valence-electron chi connectivity index (χ1n) is 5.99. The van der Waals surface area contributed by atoms with Gasteiger partial charge in [-0.3, -0.25) is 9.69 Å². The number of aryl methyl sites for hydroxylation is 1. The summed E-state index contributed by atoms with van der Waals surface area (Å²) in [4.78, 5) is 17.8. The fourth-order valence-corrected chi connectivity index (χ4v) is 1.74. The number of anilines is 1. The SMILES string of the molecule is CN(C(=O)CCc1ccccc1)c1ccccn1. The molecule has 3 heteroatoms. The van der Waals surface area contributed by atoms with Crippen molar-refractivity contribution in [3.05, 3.63) is 60.3 Å². The maximum atomic E-state index is 12.0. The summed E-state index contributed by atoms with van der Waals surface area (Å²) in [6.45, 7) is 0. The number of carbonyl (C=O) groups excluding carboxylic acids is 1. The predicted octanol–water partition coefficient (Wildman–Crippen LogP) is 2.68. The van der Waals surface area contributed by atoms with Gasteiger partial charge in [0.25, 0.3) is 0 Å². The third-order valence-corrected chi connectivity index (χ3v) is 2.84. The highest BCUT2D eigenvalue weighted by atomic mass is 16.2. The number of nitrogens with zero attached hydrogens (tertiary/aromatic N) is 2. The summed E-state index contributed by atoms with van der Waals surface area (Å²) in [5, 5.41) is 0. The van der Waals surface area contributed by atoms with E-state index < -0.39 is 0 Å². The van der Waals surface area contributed by atoms with Crippen molar-refractivity contribution >= 4 is 11.7 Å². The summed E-state index contributed by atoms with van der Waals surface area (Å²) in [5.74, 6) is 0.771. The molecule has 1 aromatic carbocycles. The van der Waals surface area contributed by atoms with Crippen LogP contribution in [0.5, 0.6) is 0 Å². The molecular formula is C15H16N2O. The average Bonchev–Trinajstić information content (AvgIpc) is 2.46. The largest absolute Gasteiger partial charge is 0.300 e. The smallest absolute Gasteiger partial charge is 0.228 e. The fourth-order valence-electron chi connectivity index (χ4n) is 1.74. The van der Waals surface area contributed by atoms with Crippen LogP contribution in [-0.4, -0.2) is 17.9 Å². The first kappa shape index (κ1) is 12.3. The number of hydrogen-bond donors (Lipinski definition) is 0. The van der Waals surface area contributed by atoms with Crippen molar-refractivity contribution < 1.29 is 4.79 Å². The first-order valence-corrected chi connectivity index (χ1v) is 5.99. The van der Waals surface area contributed by atoms with Crippen molar-refractivity contribution in [3.8, 4) is 0 Å². The Balaban J connectivity index is 1.93. The normalized spacial score (nSPS) is 10.1. The van der Waals surface area contributed by atoms with E-state index in [1.165, 1.54) is 5.56 Å². The maximum Gasteiger partial charge on any atom is 0.228 e. The van der Waals surface area contributed by atoms with Crippen LogP contribution in [0.25, 0.3) is 0 Å². The molecule has 0 aliphatic heterocycles. The summed E-state index contributed by atoms with van der Waals surface area (Å²) in [6.07, 6.45) is 2.95. The Bertz CT molecular complexity index is 496. The van der Waals surface area contributed by atoms with Crippen LogP contribution >= 0.6 is 0 Å². The lowest BCUT2D eigenvalue weighted by Gasteiger charge is -2.15. The van der Waals surface area contributed by atoms with Gasteiger partial charge in [0.15, 0.2) is 0 Å². The van der Waals surface area contributed by atoms with Gasteiger partial charge in [0, 0.05) is 19.7 Å². The summed E-state index contributed by atoms with van der Waals surface area (Å²) in [7, 11) is 1.76. The summed E-state index contributed by atoms with van der Waals surface area (Å²) < 4.78 is 0. The van der Waals surface area contributed by atoms with Crippen molar-refractivity contribution in [1.82, 2.24) is 4.98 Å². The summed E-state index contributed by atoms with van der Waals surface area (Å²) in [6, 6.07) is 15.6. The summed E-state index contributed by atoms with van der Waals surface area (Å²) >= 11 is 0. The van der Waals surface area contributed by atoms with Gasteiger partial charge in [-0.2, -0.15) is 0 Å². The van der Waals surface area contributed by atoms with E-state index in [2.05, 4.69) is 4.98 Å². The predicted molar refractivity (Wildman–Crippen MR) is 72.4 cm³/mol. The zero-order valence-electron chi connectivity index (χ0n) is 10.4. The standard InChI is InChI=1S/C15H16N2O/c1-17(14-9-5-6-12-16-14)15(18)11-10-13-7-3-2-4-8-13/h2-9,12H,10-11H2,1H3. The van der Waals surface area contributed by atoms with Gasteiger partial charge in [0.2, 0.25) is 5.91 Å². The van der Waals surface area contributed by atoms with Gasteiger partial charge in [-0.15, -0.1) is 0 Å². The van der Waals surface area contributed by atoms with Gasteiger partial charge in [0.1, 0.15) is 5.82 Å². The van der Waals surface area contributed by atoms with E-state index in [9.17, 15) is 4.79 Å². The van der Waals surface area contributed by atoms with Crippen molar-refractivity contribution in [2.75, 3.05) is 11.9 Å². The van der Waals surface area contributed by atoms with E-state index in [4.69, 9.17) is 0 Å². The lowest BCUT2D eigenvalue weighted by molar-refractivity contribution is -0.118.